The lowest BCUT2D eigenvalue weighted by Crippen LogP contribution is -2.13. The molecule has 174 valence electrons. The molecule has 4 aromatic rings. The molecule has 0 fully saturated rings. The van der Waals surface area contributed by atoms with Crippen LogP contribution in [0.15, 0.2) is 72.8 Å². The largest absolute Gasteiger partial charge is 0.487 e. The lowest BCUT2D eigenvalue weighted by molar-refractivity contribution is 0.0448. The van der Waals surface area contributed by atoms with Gasteiger partial charge in [-0.2, -0.15) is 0 Å². The van der Waals surface area contributed by atoms with Crippen LogP contribution in [-0.2, 0) is 9.47 Å². The summed E-state index contributed by atoms with van der Waals surface area (Å²) in [6.45, 7) is 2.66. The SMILES string of the molecule is COCCOc1cc2ccccc2cc1OCCOC(=O)c1ccc2cc(C(C)=O)ccc2c1. The molecule has 0 spiro atoms. The summed E-state index contributed by atoms with van der Waals surface area (Å²) < 4.78 is 22.2. The number of ketones is 1. The highest BCUT2D eigenvalue weighted by Crippen LogP contribution is 2.32. The smallest absolute Gasteiger partial charge is 0.338 e. The van der Waals surface area contributed by atoms with Crippen LogP contribution in [0.1, 0.15) is 27.6 Å². The average Bonchev–Trinajstić information content (AvgIpc) is 2.85. The van der Waals surface area contributed by atoms with Gasteiger partial charge in [-0.15, -0.1) is 0 Å². The molecule has 4 aromatic carbocycles. The highest BCUT2D eigenvalue weighted by Gasteiger charge is 2.11. The van der Waals surface area contributed by atoms with Crippen molar-refractivity contribution in [2.75, 3.05) is 33.5 Å². The van der Waals surface area contributed by atoms with E-state index in [4.69, 9.17) is 18.9 Å². The first-order chi connectivity index (χ1) is 16.5. The van der Waals surface area contributed by atoms with Crippen LogP contribution < -0.4 is 9.47 Å². The molecule has 0 atom stereocenters. The van der Waals surface area contributed by atoms with E-state index in [9.17, 15) is 9.59 Å². The molecule has 4 rings (SSSR count). The fourth-order valence-corrected chi connectivity index (χ4v) is 3.62. The molecule has 0 saturated heterocycles. The van der Waals surface area contributed by atoms with Crippen LogP contribution in [0.5, 0.6) is 11.5 Å². The Morgan fingerprint density at radius 1 is 0.647 bits per heavy atom. The molecule has 0 unspecified atom stereocenters. The molecular weight excluding hydrogens is 432 g/mol. The van der Waals surface area contributed by atoms with Gasteiger partial charge < -0.3 is 18.9 Å². The van der Waals surface area contributed by atoms with E-state index in [0.717, 1.165) is 21.5 Å². The third kappa shape index (κ3) is 5.53. The Morgan fingerprint density at radius 3 is 1.76 bits per heavy atom. The topological polar surface area (TPSA) is 71.1 Å². The van der Waals surface area contributed by atoms with Crippen molar-refractivity contribution in [1.29, 1.82) is 0 Å². The Kier molecular flexibility index (Phi) is 7.40. The van der Waals surface area contributed by atoms with Gasteiger partial charge in [0.1, 0.15) is 19.8 Å². The zero-order valence-electron chi connectivity index (χ0n) is 19.2. The van der Waals surface area contributed by atoms with Gasteiger partial charge in [0.05, 0.1) is 12.2 Å². The maximum Gasteiger partial charge on any atom is 0.338 e. The van der Waals surface area contributed by atoms with E-state index in [-0.39, 0.29) is 19.0 Å². The molecule has 6 heteroatoms. The van der Waals surface area contributed by atoms with Gasteiger partial charge in [-0.1, -0.05) is 42.5 Å². The molecule has 0 aliphatic rings. The number of hydrogen-bond donors (Lipinski definition) is 0. The van der Waals surface area contributed by atoms with Gasteiger partial charge >= 0.3 is 5.97 Å². The number of hydrogen-bond acceptors (Lipinski definition) is 6. The summed E-state index contributed by atoms with van der Waals surface area (Å²) in [5.74, 6) is 0.764. The van der Waals surface area contributed by atoms with Crippen LogP contribution >= 0.6 is 0 Å². The summed E-state index contributed by atoms with van der Waals surface area (Å²) in [7, 11) is 1.62. The Labute approximate surface area is 198 Å². The molecule has 0 bridgehead atoms. The Balaban J connectivity index is 1.38. The van der Waals surface area contributed by atoms with Gasteiger partial charge in [0.25, 0.3) is 0 Å². The summed E-state index contributed by atoms with van der Waals surface area (Å²) in [6.07, 6.45) is 0. The van der Waals surface area contributed by atoms with Gasteiger partial charge in [0.2, 0.25) is 0 Å². The van der Waals surface area contributed by atoms with Crippen molar-refractivity contribution < 1.29 is 28.5 Å². The number of methoxy groups -OCH3 is 1. The Morgan fingerprint density at radius 2 is 1.18 bits per heavy atom. The standard InChI is InChI=1S/C28H26O6/c1-19(29)20-7-8-24-16-25(10-9-23(24)15-20)28(30)34-14-13-33-27-18-22-6-4-3-5-21(22)17-26(27)32-12-11-31-2/h3-10,15-18H,11-14H2,1-2H3. The zero-order chi connectivity index (χ0) is 23.9. The maximum absolute atomic E-state index is 12.5. The molecule has 0 N–H and O–H groups in total. The Hall–Kier alpha value is -3.90. The molecule has 0 radical (unpaired) electrons. The van der Waals surface area contributed by atoms with E-state index in [1.54, 1.807) is 25.3 Å². The molecule has 0 saturated carbocycles. The second kappa shape index (κ2) is 10.8. The van der Waals surface area contributed by atoms with Crippen LogP contribution in [0.4, 0.5) is 0 Å². The lowest BCUT2D eigenvalue weighted by Gasteiger charge is -2.14. The van der Waals surface area contributed by atoms with Crippen molar-refractivity contribution in [2.45, 2.75) is 6.92 Å². The van der Waals surface area contributed by atoms with Crippen molar-refractivity contribution in [3.63, 3.8) is 0 Å². The molecule has 0 amide bonds. The highest BCUT2D eigenvalue weighted by atomic mass is 16.6. The van der Waals surface area contributed by atoms with Gasteiger partial charge in [-0.25, -0.2) is 4.79 Å². The summed E-state index contributed by atoms with van der Waals surface area (Å²) in [5.41, 5.74) is 1.08. The van der Waals surface area contributed by atoms with E-state index in [1.165, 1.54) is 6.92 Å². The van der Waals surface area contributed by atoms with Crippen LogP contribution in [0.25, 0.3) is 21.5 Å². The van der Waals surface area contributed by atoms with Crippen molar-refractivity contribution >= 4 is 33.3 Å². The number of benzene rings is 4. The first kappa shape index (κ1) is 23.3. The minimum Gasteiger partial charge on any atom is -0.487 e. The van der Waals surface area contributed by atoms with Crippen molar-refractivity contribution in [3.05, 3.63) is 83.9 Å². The molecule has 34 heavy (non-hydrogen) atoms. The number of carbonyl (C=O) groups excluding carboxylic acids is 2. The number of ether oxygens (including phenoxy) is 4. The van der Waals surface area contributed by atoms with Gasteiger partial charge in [0, 0.05) is 12.7 Å². The monoisotopic (exact) mass is 458 g/mol. The summed E-state index contributed by atoms with van der Waals surface area (Å²) >= 11 is 0. The van der Waals surface area contributed by atoms with Crippen molar-refractivity contribution in [1.82, 2.24) is 0 Å². The van der Waals surface area contributed by atoms with E-state index >= 15 is 0 Å². The molecule has 0 aliphatic carbocycles. The van der Waals surface area contributed by atoms with E-state index in [0.29, 0.717) is 35.8 Å². The molecule has 6 nitrogen and oxygen atoms in total. The van der Waals surface area contributed by atoms with Gasteiger partial charge in [-0.3, -0.25) is 4.79 Å². The molecule has 0 aromatic heterocycles. The number of carbonyl (C=O) groups is 2. The average molecular weight is 459 g/mol. The number of esters is 1. The third-order valence-corrected chi connectivity index (χ3v) is 5.41. The maximum atomic E-state index is 12.5. The lowest BCUT2D eigenvalue weighted by atomic mass is 10.0. The quantitative estimate of drug-likeness (QED) is 0.179. The number of fused-ring (bicyclic) bond motifs is 2. The van der Waals surface area contributed by atoms with Gasteiger partial charge in [0.15, 0.2) is 17.3 Å². The molecule has 0 heterocycles. The second-order valence-electron chi connectivity index (χ2n) is 7.80. The first-order valence-corrected chi connectivity index (χ1v) is 11.0. The highest BCUT2D eigenvalue weighted by molar-refractivity contribution is 6.00. The normalized spacial score (nSPS) is 10.9. The predicted molar refractivity (Wildman–Crippen MR) is 131 cm³/mol. The Bertz CT molecular complexity index is 1330. The van der Waals surface area contributed by atoms with E-state index < -0.39 is 5.97 Å². The van der Waals surface area contributed by atoms with E-state index in [1.807, 2.05) is 54.6 Å². The van der Waals surface area contributed by atoms with Crippen molar-refractivity contribution in [3.8, 4) is 11.5 Å². The van der Waals surface area contributed by atoms with Crippen LogP contribution in [-0.4, -0.2) is 45.3 Å². The van der Waals surface area contributed by atoms with Crippen LogP contribution in [0, 0.1) is 0 Å². The minimum absolute atomic E-state index is 0.00375. The zero-order valence-corrected chi connectivity index (χ0v) is 19.2. The van der Waals surface area contributed by atoms with E-state index in [2.05, 4.69) is 0 Å². The second-order valence-corrected chi connectivity index (χ2v) is 7.80. The molecular formula is C28H26O6. The third-order valence-electron chi connectivity index (χ3n) is 5.41. The number of Topliss-reactive ketones (excluding diaryl/α,β-unsaturated/α-hetero) is 1. The number of rotatable bonds is 10. The van der Waals surface area contributed by atoms with Crippen molar-refractivity contribution in [2.24, 2.45) is 0 Å². The fraction of sp³-hybridized carbons (Fsp3) is 0.214. The van der Waals surface area contributed by atoms with Gasteiger partial charge in [-0.05, 0) is 58.8 Å². The first-order valence-electron chi connectivity index (χ1n) is 11.0. The summed E-state index contributed by atoms with van der Waals surface area (Å²) in [5, 5.41) is 3.83. The molecule has 0 aliphatic heterocycles. The summed E-state index contributed by atoms with van der Waals surface area (Å²) in [6, 6.07) is 22.4. The predicted octanol–water partition coefficient (Wildman–Crippen LogP) is 5.46. The minimum atomic E-state index is -0.434. The van der Waals surface area contributed by atoms with Crippen LogP contribution in [0.3, 0.4) is 0 Å². The van der Waals surface area contributed by atoms with Crippen LogP contribution in [0.2, 0.25) is 0 Å². The summed E-state index contributed by atoms with van der Waals surface area (Å²) in [4.78, 5) is 24.1. The fourth-order valence-electron chi connectivity index (χ4n) is 3.62.